The van der Waals surface area contributed by atoms with E-state index in [1.54, 1.807) is 10.9 Å². The number of amides is 1. The van der Waals surface area contributed by atoms with Crippen LogP contribution in [-0.4, -0.2) is 40.6 Å². The van der Waals surface area contributed by atoms with Crippen molar-refractivity contribution < 1.29 is 9.53 Å². The van der Waals surface area contributed by atoms with E-state index >= 15 is 0 Å². The number of piperidine rings is 1. The number of carbonyl (C=O) groups is 1. The van der Waals surface area contributed by atoms with Gasteiger partial charge in [-0.15, -0.1) is 5.10 Å². The van der Waals surface area contributed by atoms with E-state index in [-0.39, 0.29) is 5.91 Å². The van der Waals surface area contributed by atoms with Crippen LogP contribution in [-0.2, 0) is 0 Å². The first-order valence-corrected chi connectivity index (χ1v) is 8.43. The van der Waals surface area contributed by atoms with E-state index in [0.717, 1.165) is 38.1 Å². The molecule has 2 aromatic rings. The van der Waals surface area contributed by atoms with Gasteiger partial charge in [0.15, 0.2) is 5.69 Å². The first-order valence-electron chi connectivity index (χ1n) is 8.43. The molecule has 1 amide bonds. The van der Waals surface area contributed by atoms with Gasteiger partial charge in [0.05, 0.1) is 18.8 Å². The summed E-state index contributed by atoms with van der Waals surface area (Å²) < 4.78 is 7.38. The van der Waals surface area contributed by atoms with Crippen molar-refractivity contribution in [1.82, 2.24) is 20.3 Å². The fourth-order valence-electron chi connectivity index (χ4n) is 2.71. The molecule has 1 saturated heterocycles. The molecule has 1 aliphatic rings. The Bertz CT molecular complexity index is 679. The van der Waals surface area contributed by atoms with E-state index in [4.69, 9.17) is 4.74 Å². The minimum atomic E-state index is -0.261. The third-order valence-electron chi connectivity index (χ3n) is 3.99. The SMILES string of the molecule is CCCOc1cccc(NC(=O)c2cn(C3CCNCC3)nn2)c1. The molecule has 128 valence electrons. The molecule has 24 heavy (non-hydrogen) atoms. The van der Waals surface area contributed by atoms with Gasteiger partial charge in [0.1, 0.15) is 5.75 Å². The number of nitrogens with zero attached hydrogens (tertiary/aromatic N) is 3. The number of carbonyl (C=O) groups excluding carboxylic acids is 1. The van der Waals surface area contributed by atoms with Crippen molar-refractivity contribution in [1.29, 1.82) is 0 Å². The summed E-state index contributed by atoms with van der Waals surface area (Å²) in [4.78, 5) is 12.4. The molecule has 7 nitrogen and oxygen atoms in total. The molecule has 1 fully saturated rings. The van der Waals surface area contributed by atoms with E-state index in [2.05, 4.69) is 27.9 Å². The molecule has 0 saturated carbocycles. The van der Waals surface area contributed by atoms with Crippen LogP contribution in [0.25, 0.3) is 0 Å². The average Bonchev–Trinajstić information content (AvgIpc) is 3.11. The Balaban J connectivity index is 1.63. The number of ether oxygens (including phenoxy) is 1. The Kier molecular flexibility index (Phi) is 5.43. The van der Waals surface area contributed by atoms with Crippen molar-refractivity contribution in [2.24, 2.45) is 0 Å². The minimum absolute atomic E-state index is 0.261. The average molecular weight is 329 g/mol. The van der Waals surface area contributed by atoms with Crippen LogP contribution in [0.5, 0.6) is 5.75 Å². The minimum Gasteiger partial charge on any atom is -0.494 e. The van der Waals surface area contributed by atoms with Gasteiger partial charge in [-0.1, -0.05) is 18.2 Å². The van der Waals surface area contributed by atoms with Crippen molar-refractivity contribution in [3.05, 3.63) is 36.2 Å². The van der Waals surface area contributed by atoms with Gasteiger partial charge in [-0.2, -0.15) is 0 Å². The van der Waals surface area contributed by atoms with Crippen LogP contribution in [0, 0.1) is 0 Å². The fourth-order valence-corrected chi connectivity index (χ4v) is 2.71. The Morgan fingerprint density at radius 3 is 3.04 bits per heavy atom. The molecule has 2 heterocycles. The highest BCUT2D eigenvalue weighted by Crippen LogP contribution is 2.19. The number of hydrogen-bond acceptors (Lipinski definition) is 5. The zero-order valence-electron chi connectivity index (χ0n) is 13.9. The maximum Gasteiger partial charge on any atom is 0.277 e. The molecule has 1 aliphatic heterocycles. The summed E-state index contributed by atoms with van der Waals surface area (Å²) in [5.41, 5.74) is 1.01. The topological polar surface area (TPSA) is 81.1 Å². The highest BCUT2D eigenvalue weighted by Gasteiger charge is 2.18. The van der Waals surface area contributed by atoms with E-state index in [9.17, 15) is 4.79 Å². The first kappa shape index (κ1) is 16.4. The molecule has 0 spiro atoms. The number of rotatable bonds is 6. The van der Waals surface area contributed by atoms with Crippen LogP contribution >= 0.6 is 0 Å². The lowest BCUT2D eigenvalue weighted by Gasteiger charge is -2.22. The second-order valence-corrected chi connectivity index (χ2v) is 5.90. The van der Waals surface area contributed by atoms with Crippen LogP contribution < -0.4 is 15.4 Å². The van der Waals surface area contributed by atoms with E-state index in [0.29, 0.717) is 24.0 Å². The number of anilines is 1. The second-order valence-electron chi connectivity index (χ2n) is 5.90. The molecule has 1 aromatic heterocycles. The predicted octanol–water partition coefficient (Wildman–Crippen LogP) is 2.24. The van der Waals surface area contributed by atoms with Crippen molar-refractivity contribution in [3.63, 3.8) is 0 Å². The van der Waals surface area contributed by atoms with Gasteiger partial charge >= 0.3 is 0 Å². The Morgan fingerprint density at radius 1 is 1.42 bits per heavy atom. The fraction of sp³-hybridized carbons (Fsp3) is 0.471. The third-order valence-corrected chi connectivity index (χ3v) is 3.99. The van der Waals surface area contributed by atoms with Crippen LogP contribution in [0.1, 0.15) is 42.7 Å². The van der Waals surface area contributed by atoms with Crippen LogP contribution in [0.2, 0.25) is 0 Å². The molecule has 2 N–H and O–H groups in total. The lowest BCUT2D eigenvalue weighted by atomic mass is 10.1. The van der Waals surface area contributed by atoms with E-state index < -0.39 is 0 Å². The largest absolute Gasteiger partial charge is 0.494 e. The van der Waals surface area contributed by atoms with E-state index in [1.807, 2.05) is 24.3 Å². The van der Waals surface area contributed by atoms with Crippen LogP contribution in [0.15, 0.2) is 30.5 Å². The molecular formula is C17H23N5O2. The van der Waals surface area contributed by atoms with Crippen molar-refractivity contribution in [2.45, 2.75) is 32.2 Å². The number of nitrogens with one attached hydrogen (secondary N) is 2. The smallest absolute Gasteiger partial charge is 0.277 e. The molecule has 1 aromatic carbocycles. The summed E-state index contributed by atoms with van der Waals surface area (Å²) in [6.45, 7) is 4.65. The van der Waals surface area contributed by atoms with Gasteiger partial charge < -0.3 is 15.4 Å². The Hall–Kier alpha value is -2.41. The molecule has 0 bridgehead atoms. The standard InChI is InChI=1S/C17H23N5O2/c1-2-10-24-15-5-3-4-13(11-15)19-17(23)16-12-22(21-20-16)14-6-8-18-9-7-14/h3-5,11-12,14,18H,2,6-10H2,1H3,(H,19,23). The zero-order chi connectivity index (χ0) is 16.8. The Labute approximate surface area is 141 Å². The van der Waals surface area contributed by atoms with Crippen molar-refractivity contribution in [2.75, 3.05) is 25.0 Å². The number of hydrogen-bond donors (Lipinski definition) is 2. The number of benzene rings is 1. The summed E-state index contributed by atoms with van der Waals surface area (Å²) in [5.74, 6) is 0.482. The maximum atomic E-state index is 12.4. The van der Waals surface area contributed by atoms with Gasteiger partial charge in [0, 0.05) is 11.8 Å². The summed E-state index contributed by atoms with van der Waals surface area (Å²) in [5, 5.41) is 14.3. The molecule has 0 unspecified atom stereocenters. The van der Waals surface area contributed by atoms with Crippen LogP contribution in [0.3, 0.4) is 0 Å². The van der Waals surface area contributed by atoms with Gasteiger partial charge in [-0.25, -0.2) is 4.68 Å². The second kappa shape index (κ2) is 7.92. The Morgan fingerprint density at radius 2 is 2.25 bits per heavy atom. The summed E-state index contributed by atoms with van der Waals surface area (Å²) in [6.07, 6.45) is 4.67. The predicted molar refractivity (Wildman–Crippen MR) is 91.3 cm³/mol. The lowest BCUT2D eigenvalue weighted by Crippen LogP contribution is -2.29. The maximum absolute atomic E-state index is 12.4. The molecule has 3 rings (SSSR count). The molecule has 0 atom stereocenters. The van der Waals surface area contributed by atoms with Crippen LogP contribution in [0.4, 0.5) is 5.69 Å². The third kappa shape index (κ3) is 4.11. The summed E-state index contributed by atoms with van der Waals surface area (Å²) >= 11 is 0. The first-order chi connectivity index (χ1) is 11.8. The van der Waals surface area contributed by atoms with Gasteiger partial charge in [-0.05, 0) is 44.5 Å². The molecule has 0 radical (unpaired) electrons. The van der Waals surface area contributed by atoms with Gasteiger partial charge in [0.2, 0.25) is 0 Å². The summed E-state index contributed by atoms with van der Waals surface area (Å²) in [7, 11) is 0. The molecule has 0 aliphatic carbocycles. The summed E-state index contributed by atoms with van der Waals surface area (Å²) in [6, 6.07) is 7.68. The van der Waals surface area contributed by atoms with E-state index in [1.165, 1.54) is 0 Å². The van der Waals surface area contributed by atoms with Gasteiger partial charge in [0.25, 0.3) is 5.91 Å². The quantitative estimate of drug-likeness (QED) is 0.849. The van der Waals surface area contributed by atoms with Crippen molar-refractivity contribution in [3.8, 4) is 5.75 Å². The highest BCUT2D eigenvalue weighted by molar-refractivity contribution is 6.02. The molecule has 7 heteroatoms. The molecular weight excluding hydrogens is 306 g/mol. The number of aromatic nitrogens is 3. The van der Waals surface area contributed by atoms with Crippen molar-refractivity contribution >= 4 is 11.6 Å². The normalized spacial score (nSPS) is 15.2. The monoisotopic (exact) mass is 329 g/mol. The highest BCUT2D eigenvalue weighted by atomic mass is 16.5. The zero-order valence-corrected chi connectivity index (χ0v) is 13.9. The van der Waals surface area contributed by atoms with Gasteiger partial charge in [-0.3, -0.25) is 4.79 Å². The lowest BCUT2D eigenvalue weighted by molar-refractivity contribution is 0.102.